The second-order valence-electron chi connectivity index (χ2n) is 3.31. The molecule has 0 aliphatic heterocycles. The average Bonchev–Trinajstić information content (AvgIpc) is 2.25. The van der Waals surface area contributed by atoms with Crippen LogP contribution in [0, 0.1) is 17.1 Å². The zero-order valence-electron chi connectivity index (χ0n) is 9.02. The first-order chi connectivity index (χ1) is 7.89. The Hall–Kier alpha value is -0.970. The van der Waals surface area contributed by atoms with Crippen molar-refractivity contribution in [1.82, 2.24) is 4.31 Å². The van der Waals surface area contributed by atoms with Crippen molar-refractivity contribution in [3.8, 4) is 6.07 Å². The number of nitrogens with zero attached hydrogens (tertiary/aromatic N) is 2. The van der Waals surface area contributed by atoms with Gasteiger partial charge in [-0.2, -0.15) is 9.57 Å². The van der Waals surface area contributed by atoms with Crippen molar-refractivity contribution in [2.75, 3.05) is 13.6 Å². The lowest BCUT2D eigenvalue weighted by atomic mass is 10.3. The van der Waals surface area contributed by atoms with Crippen molar-refractivity contribution >= 4 is 26.0 Å². The molecule has 17 heavy (non-hydrogen) atoms. The van der Waals surface area contributed by atoms with Gasteiger partial charge in [0.25, 0.3) is 0 Å². The Bertz CT molecular complexity index is 554. The summed E-state index contributed by atoms with van der Waals surface area (Å²) in [7, 11) is -2.56. The van der Waals surface area contributed by atoms with Crippen molar-refractivity contribution in [2.45, 2.75) is 11.3 Å². The quantitative estimate of drug-likeness (QED) is 0.853. The number of sulfonamides is 1. The number of benzene rings is 1. The highest BCUT2D eigenvalue weighted by molar-refractivity contribution is 9.10. The molecule has 0 spiro atoms. The zero-order chi connectivity index (χ0) is 13.1. The maximum atomic E-state index is 13.5. The van der Waals surface area contributed by atoms with Crippen molar-refractivity contribution in [3.63, 3.8) is 0 Å². The standard InChI is InChI=1S/C10H10BrFN2O2S/c1-14(6-2-5-13)17(15,16)10-4-3-8(11)7-9(10)12/h3-4,7H,2,6H2,1H3. The van der Waals surface area contributed by atoms with Gasteiger partial charge in [0.05, 0.1) is 6.07 Å². The fraction of sp³-hybridized carbons (Fsp3) is 0.300. The number of hydrogen-bond acceptors (Lipinski definition) is 3. The Balaban J connectivity index is 3.09. The first-order valence-electron chi connectivity index (χ1n) is 4.68. The molecule has 0 amide bonds. The van der Waals surface area contributed by atoms with Crippen molar-refractivity contribution in [3.05, 3.63) is 28.5 Å². The van der Waals surface area contributed by atoms with Gasteiger partial charge in [-0.1, -0.05) is 15.9 Å². The summed E-state index contributed by atoms with van der Waals surface area (Å²) in [6, 6.07) is 5.57. The molecule has 0 aliphatic rings. The van der Waals surface area contributed by atoms with Gasteiger partial charge >= 0.3 is 0 Å². The van der Waals surface area contributed by atoms with Crippen LogP contribution in [0.5, 0.6) is 0 Å². The van der Waals surface area contributed by atoms with Crippen LogP contribution in [0.3, 0.4) is 0 Å². The summed E-state index contributed by atoms with van der Waals surface area (Å²) < 4.78 is 38.8. The van der Waals surface area contributed by atoms with Gasteiger partial charge in [0.1, 0.15) is 10.7 Å². The number of rotatable bonds is 4. The molecule has 1 aromatic rings. The topological polar surface area (TPSA) is 61.2 Å². The maximum absolute atomic E-state index is 13.5. The third kappa shape index (κ3) is 3.25. The van der Waals surface area contributed by atoms with Crippen LogP contribution in [0.15, 0.2) is 27.6 Å². The monoisotopic (exact) mass is 320 g/mol. The molecule has 0 saturated heterocycles. The van der Waals surface area contributed by atoms with Crippen molar-refractivity contribution in [1.29, 1.82) is 5.26 Å². The summed E-state index contributed by atoms with van der Waals surface area (Å²) in [5.41, 5.74) is 0. The molecule has 0 atom stereocenters. The first kappa shape index (κ1) is 14.1. The van der Waals surface area contributed by atoms with Crippen LogP contribution < -0.4 is 0 Å². The van der Waals surface area contributed by atoms with Crippen LogP contribution in [0.25, 0.3) is 0 Å². The normalized spacial score (nSPS) is 11.5. The van der Waals surface area contributed by atoms with E-state index < -0.39 is 15.8 Å². The van der Waals surface area contributed by atoms with Gasteiger partial charge in [-0.05, 0) is 18.2 Å². The number of hydrogen-bond donors (Lipinski definition) is 0. The van der Waals surface area contributed by atoms with Crippen molar-refractivity contribution < 1.29 is 12.8 Å². The molecule has 0 bridgehead atoms. The Kier molecular flexibility index (Phi) is 4.62. The number of halogens is 2. The van der Waals surface area contributed by atoms with Crippen LogP contribution in [0.4, 0.5) is 4.39 Å². The second kappa shape index (κ2) is 5.58. The van der Waals surface area contributed by atoms with Gasteiger partial charge in [0, 0.05) is 24.5 Å². The van der Waals surface area contributed by atoms with E-state index in [1.165, 1.54) is 19.2 Å². The minimum atomic E-state index is -3.87. The largest absolute Gasteiger partial charge is 0.245 e. The lowest BCUT2D eigenvalue weighted by Gasteiger charge is -2.16. The van der Waals surface area contributed by atoms with E-state index in [9.17, 15) is 12.8 Å². The molecule has 0 radical (unpaired) electrons. The van der Waals surface area contributed by atoms with Crippen LogP contribution in [0.1, 0.15) is 6.42 Å². The summed E-state index contributed by atoms with van der Waals surface area (Å²) in [5.74, 6) is -0.816. The third-order valence-electron chi connectivity index (χ3n) is 2.12. The lowest BCUT2D eigenvalue weighted by molar-refractivity contribution is 0.469. The van der Waals surface area contributed by atoms with Crippen LogP contribution in [0.2, 0.25) is 0 Å². The van der Waals surface area contributed by atoms with Gasteiger partial charge in [0.2, 0.25) is 10.0 Å². The predicted octanol–water partition coefficient (Wildman–Crippen LogP) is 2.12. The third-order valence-corrected chi connectivity index (χ3v) is 4.50. The van der Waals surface area contributed by atoms with Gasteiger partial charge in [0.15, 0.2) is 0 Å². The van der Waals surface area contributed by atoms with E-state index in [1.54, 1.807) is 0 Å². The maximum Gasteiger partial charge on any atom is 0.245 e. The van der Waals surface area contributed by atoms with E-state index in [2.05, 4.69) is 15.9 Å². The molecular weight excluding hydrogens is 311 g/mol. The molecule has 0 heterocycles. The molecule has 0 saturated carbocycles. The van der Waals surface area contributed by atoms with Crippen LogP contribution in [-0.2, 0) is 10.0 Å². The van der Waals surface area contributed by atoms with Gasteiger partial charge in [-0.25, -0.2) is 12.8 Å². The minimum absolute atomic E-state index is 0.0360. The molecule has 1 rings (SSSR count). The molecule has 4 nitrogen and oxygen atoms in total. The Morgan fingerprint density at radius 3 is 2.71 bits per heavy atom. The lowest BCUT2D eigenvalue weighted by Crippen LogP contribution is -2.28. The fourth-order valence-electron chi connectivity index (χ4n) is 1.18. The highest BCUT2D eigenvalue weighted by Gasteiger charge is 2.23. The first-order valence-corrected chi connectivity index (χ1v) is 6.91. The van der Waals surface area contributed by atoms with Crippen LogP contribution in [-0.4, -0.2) is 26.3 Å². The van der Waals surface area contributed by atoms with Gasteiger partial charge in [-0.15, -0.1) is 0 Å². The highest BCUT2D eigenvalue weighted by Crippen LogP contribution is 2.21. The molecule has 7 heteroatoms. The Labute approximate surface area is 108 Å². The van der Waals surface area contributed by atoms with E-state index in [-0.39, 0.29) is 17.9 Å². The van der Waals surface area contributed by atoms with E-state index in [4.69, 9.17) is 5.26 Å². The molecule has 0 N–H and O–H groups in total. The van der Waals surface area contributed by atoms with Gasteiger partial charge < -0.3 is 0 Å². The summed E-state index contributed by atoms with van der Waals surface area (Å²) >= 11 is 3.05. The second-order valence-corrected chi connectivity index (χ2v) is 6.24. The van der Waals surface area contributed by atoms with E-state index in [0.717, 1.165) is 10.4 Å². The highest BCUT2D eigenvalue weighted by atomic mass is 79.9. The summed E-state index contributed by atoms with van der Waals surface area (Å²) in [6.45, 7) is 0.0360. The molecule has 0 unspecified atom stereocenters. The predicted molar refractivity (Wildman–Crippen MR) is 64.1 cm³/mol. The summed E-state index contributed by atoms with van der Waals surface area (Å²) in [6.07, 6.45) is 0.0634. The van der Waals surface area contributed by atoms with Crippen LogP contribution >= 0.6 is 15.9 Å². The molecule has 1 aromatic carbocycles. The SMILES string of the molecule is CN(CCC#N)S(=O)(=O)c1ccc(Br)cc1F. The smallest absolute Gasteiger partial charge is 0.207 e. The molecule has 0 aliphatic carbocycles. The van der Waals surface area contributed by atoms with E-state index in [0.29, 0.717) is 4.47 Å². The van der Waals surface area contributed by atoms with Crippen molar-refractivity contribution in [2.24, 2.45) is 0 Å². The van der Waals surface area contributed by atoms with Gasteiger partial charge in [-0.3, -0.25) is 0 Å². The number of nitriles is 1. The molecule has 92 valence electrons. The summed E-state index contributed by atoms with van der Waals surface area (Å²) in [5, 5.41) is 8.39. The van der Waals surface area contributed by atoms with E-state index in [1.807, 2.05) is 6.07 Å². The molecule has 0 aromatic heterocycles. The molecule has 0 fully saturated rings. The average molecular weight is 321 g/mol. The Morgan fingerprint density at radius 2 is 2.18 bits per heavy atom. The fourth-order valence-corrected chi connectivity index (χ4v) is 2.73. The Morgan fingerprint density at radius 1 is 1.53 bits per heavy atom. The molecular formula is C10H10BrFN2O2S. The minimum Gasteiger partial charge on any atom is -0.207 e. The summed E-state index contributed by atoms with van der Waals surface area (Å²) in [4.78, 5) is -0.388. The zero-order valence-corrected chi connectivity index (χ0v) is 11.4. The van der Waals surface area contributed by atoms with E-state index >= 15 is 0 Å².